The van der Waals surface area contributed by atoms with E-state index in [0.29, 0.717) is 0 Å². The van der Waals surface area contributed by atoms with Gasteiger partial charge in [0, 0.05) is 25.0 Å². The fourth-order valence-electron chi connectivity index (χ4n) is 2.04. The molecule has 2 aromatic carbocycles. The van der Waals surface area contributed by atoms with Gasteiger partial charge in [-0.15, -0.1) is 0 Å². The van der Waals surface area contributed by atoms with Crippen LogP contribution in [0.3, 0.4) is 0 Å². The smallest absolute Gasteiger partial charge is 0.119 e. The van der Waals surface area contributed by atoms with E-state index in [1.807, 2.05) is 38.1 Å². The summed E-state index contributed by atoms with van der Waals surface area (Å²) < 4.78 is 5.65. The molecule has 0 unspecified atom stereocenters. The molecule has 106 valence electrons. The summed E-state index contributed by atoms with van der Waals surface area (Å²) >= 11 is 0. The van der Waals surface area contributed by atoms with Crippen molar-refractivity contribution in [2.75, 3.05) is 17.7 Å². The van der Waals surface area contributed by atoms with Crippen molar-refractivity contribution in [2.24, 2.45) is 0 Å². The lowest BCUT2D eigenvalue weighted by Crippen LogP contribution is -2.16. The minimum absolute atomic E-state index is 0.202. The molecule has 2 rings (SSSR count). The van der Waals surface area contributed by atoms with Crippen LogP contribution in [-0.4, -0.2) is 13.2 Å². The van der Waals surface area contributed by atoms with Gasteiger partial charge in [-0.05, 0) is 55.8 Å². The number of ether oxygens (including phenoxy) is 1. The monoisotopic (exact) mass is 270 g/mol. The summed E-state index contributed by atoms with van der Waals surface area (Å²) in [6.07, 6.45) is 0.202. The van der Waals surface area contributed by atoms with Crippen molar-refractivity contribution < 1.29 is 4.74 Å². The molecule has 0 aliphatic rings. The minimum atomic E-state index is 0.202. The van der Waals surface area contributed by atoms with E-state index in [2.05, 4.69) is 36.2 Å². The molecule has 0 aliphatic carbocycles. The second kappa shape index (κ2) is 6.33. The average molecular weight is 270 g/mol. The van der Waals surface area contributed by atoms with Gasteiger partial charge in [-0.3, -0.25) is 0 Å². The quantitative estimate of drug-likeness (QED) is 0.842. The molecule has 20 heavy (non-hydrogen) atoms. The first-order valence-corrected chi connectivity index (χ1v) is 6.87. The van der Waals surface area contributed by atoms with Crippen LogP contribution in [0.5, 0.6) is 5.75 Å². The Labute approximate surface area is 121 Å². The van der Waals surface area contributed by atoms with Crippen molar-refractivity contribution in [1.82, 2.24) is 0 Å². The van der Waals surface area contributed by atoms with Gasteiger partial charge in [0.05, 0.1) is 6.10 Å². The van der Waals surface area contributed by atoms with Crippen molar-refractivity contribution in [1.29, 1.82) is 0 Å². The number of nitrogens with zero attached hydrogens (tertiary/aromatic N) is 1. The van der Waals surface area contributed by atoms with E-state index in [1.165, 1.54) is 5.56 Å². The lowest BCUT2D eigenvalue weighted by atomic mass is 10.2. The van der Waals surface area contributed by atoms with Gasteiger partial charge in [0.2, 0.25) is 0 Å². The third-order valence-corrected chi connectivity index (χ3v) is 3.05. The van der Waals surface area contributed by atoms with E-state index in [-0.39, 0.29) is 6.10 Å². The van der Waals surface area contributed by atoms with E-state index >= 15 is 0 Å². The zero-order chi connectivity index (χ0) is 14.5. The number of hydrogen-bond acceptors (Lipinski definition) is 3. The van der Waals surface area contributed by atoms with Gasteiger partial charge in [-0.1, -0.05) is 12.1 Å². The number of hydrogen-bond donors (Lipinski definition) is 1. The number of rotatable bonds is 5. The van der Waals surface area contributed by atoms with Gasteiger partial charge in [0.25, 0.3) is 0 Å². The Hall–Kier alpha value is -2.16. The van der Waals surface area contributed by atoms with E-state index < -0.39 is 0 Å². The molecule has 0 saturated heterocycles. The Morgan fingerprint density at radius 2 is 1.60 bits per heavy atom. The second-order valence-corrected chi connectivity index (χ2v) is 5.26. The molecule has 3 nitrogen and oxygen atoms in total. The summed E-state index contributed by atoms with van der Waals surface area (Å²) in [7, 11) is 2.08. The van der Waals surface area contributed by atoms with Crippen molar-refractivity contribution in [3.05, 3.63) is 54.1 Å². The summed E-state index contributed by atoms with van der Waals surface area (Å²) in [5.74, 6) is 0.907. The molecule has 3 heteroatoms. The lowest BCUT2D eigenvalue weighted by molar-refractivity contribution is 0.242. The third-order valence-electron chi connectivity index (χ3n) is 3.05. The Balaban J connectivity index is 2.01. The molecule has 0 amide bonds. The zero-order valence-electron chi connectivity index (χ0n) is 12.3. The molecular weight excluding hydrogens is 248 g/mol. The van der Waals surface area contributed by atoms with Crippen LogP contribution in [0.4, 0.5) is 11.4 Å². The van der Waals surface area contributed by atoms with Crippen molar-refractivity contribution >= 4 is 11.4 Å². The molecule has 0 bridgehead atoms. The number of benzene rings is 2. The first-order chi connectivity index (χ1) is 9.54. The fraction of sp³-hybridized carbons (Fsp3) is 0.294. The Morgan fingerprint density at radius 1 is 1.00 bits per heavy atom. The highest BCUT2D eigenvalue weighted by Gasteiger charge is 2.03. The van der Waals surface area contributed by atoms with Gasteiger partial charge in [-0.2, -0.15) is 0 Å². The van der Waals surface area contributed by atoms with Gasteiger partial charge >= 0.3 is 0 Å². The highest BCUT2D eigenvalue weighted by atomic mass is 16.5. The molecule has 0 atom stereocenters. The number of nitrogens with two attached hydrogens (primary N) is 1. The van der Waals surface area contributed by atoms with E-state index in [1.54, 1.807) is 0 Å². The van der Waals surface area contributed by atoms with Crippen LogP contribution in [-0.2, 0) is 6.54 Å². The van der Waals surface area contributed by atoms with E-state index in [9.17, 15) is 0 Å². The predicted octanol–water partition coefficient (Wildman–Crippen LogP) is 3.69. The molecule has 0 aromatic heterocycles. The first kappa shape index (κ1) is 14.3. The molecular formula is C17H22N2O. The Kier molecular flexibility index (Phi) is 4.51. The van der Waals surface area contributed by atoms with Crippen LogP contribution < -0.4 is 15.4 Å². The van der Waals surface area contributed by atoms with Crippen LogP contribution in [0.15, 0.2) is 48.5 Å². The number of nitrogen functional groups attached to an aromatic ring is 1. The van der Waals surface area contributed by atoms with Crippen molar-refractivity contribution in [3.8, 4) is 5.75 Å². The zero-order valence-corrected chi connectivity index (χ0v) is 12.3. The molecule has 2 aromatic rings. The summed E-state index contributed by atoms with van der Waals surface area (Å²) in [6, 6.07) is 16.2. The normalized spacial score (nSPS) is 10.6. The maximum absolute atomic E-state index is 5.70. The highest BCUT2D eigenvalue weighted by Crippen LogP contribution is 2.21. The SMILES string of the molecule is CC(C)Oc1ccc(N(C)Cc2ccc(N)cc2)cc1. The second-order valence-electron chi connectivity index (χ2n) is 5.26. The Bertz CT molecular complexity index is 532. The molecule has 0 heterocycles. The van der Waals surface area contributed by atoms with Crippen LogP contribution in [0.2, 0.25) is 0 Å². The third kappa shape index (κ3) is 3.92. The summed E-state index contributed by atoms with van der Waals surface area (Å²) in [5, 5.41) is 0. The van der Waals surface area contributed by atoms with Gasteiger partial charge in [-0.25, -0.2) is 0 Å². The maximum atomic E-state index is 5.70. The van der Waals surface area contributed by atoms with Gasteiger partial charge in [0.1, 0.15) is 5.75 Å². The van der Waals surface area contributed by atoms with Crippen LogP contribution >= 0.6 is 0 Å². The summed E-state index contributed by atoms with van der Waals surface area (Å²) in [4.78, 5) is 2.20. The van der Waals surface area contributed by atoms with Crippen LogP contribution in [0.25, 0.3) is 0 Å². The largest absolute Gasteiger partial charge is 0.491 e. The fourth-order valence-corrected chi connectivity index (χ4v) is 2.04. The van der Waals surface area contributed by atoms with Gasteiger partial charge < -0.3 is 15.4 Å². The summed E-state index contributed by atoms with van der Waals surface area (Å²) in [5.41, 5.74) is 8.90. The topological polar surface area (TPSA) is 38.5 Å². The molecule has 0 fully saturated rings. The van der Waals surface area contributed by atoms with Crippen LogP contribution in [0.1, 0.15) is 19.4 Å². The van der Waals surface area contributed by atoms with E-state index in [4.69, 9.17) is 10.5 Å². The average Bonchev–Trinajstić information content (AvgIpc) is 2.41. The van der Waals surface area contributed by atoms with Crippen molar-refractivity contribution in [2.45, 2.75) is 26.5 Å². The minimum Gasteiger partial charge on any atom is -0.491 e. The predicted molar refractivity (Wildman–Crippen MR) is 85.2 cm³/mol. The molecule has 0 saturated carbocycles. The Morgan fingerprint density at radius 3 is 2.15 bits per heavy atom. The molecule has 2 N–H and O–H groups in total. The summed E-state index contributed by atoms with van der Waals surface area (Å²) in [6.45, 7) is 4.91. The van der Waals surface area contributed by atoms with Crippen LogP contribution in [0, 0.1) is 0 Å². The van der Waals surface area contributed by atoms with Crippen molar-refractivity contribution in [3.63, 3.8) is 0 Å². The molecule has 0 spiro atoms. The highest BCUT2D eigenvalue weighted by molar-refractivity contribution is 5.49. The standard InChI is InChI=1S/C17H22N2O/c1-13(2)20-17-10-8-16(9-11-17)19(3)12-14-4-6-15(18)7-5-14/h4-11,13H,12,18H2,1-3H3. The molecule has 0 radical (unpaired) electrons. The maximum Gasteiger partial charge on any atom is 0.119 e. The van der Waals surface area contributed by atoms with Gasteiger partial charge in [0.15, 0.2) is 0 Å². The van der Waals surface area contributed by atoms with E-state index in [0.717, 1.165) is 23.7 Å². The lowest BCUT2D eigenvalue weighted by Gasteiger charge is -2.20. The first-order valence-electron chi connectivity index (χ1n) is 6.87. The molecule has 0 aliphatic heterocycles. The number of anilines is 2.